The Morgan fingerprint density at radius 1 is 1.35 bits per heavy atom. The van der Waals surface area contributed by atoms with Crippen LogP contribution in [-0.4, -0.2) is 17.8 Å². The summed E-state index contributed by atoms with van der Waals surface area (Å²) in [6.07, 6.45) is -0.558. The number of hydrogen-bond donors (Lipinski definition) is 0. The fourth-order valence-electron chi connectivity index (χ4n) is 1.76. The molecule has 1 aromatic heterocycles. The van der Waals surface area contributed by atoms with E-state index in [-0.39, 0.29) is 11.3 Å². The number of aromatic nitrogens is 1. The van der Waals surface area contributed by atoms with E-state index < -0.39 is 18.5 Å². The third-order valence-corrected chi connectivity index (χ3v) is 2.80. The summed E-state index contributed by atoms with van der Waals surface area (Å²) in [5.41, 5.74) is -1.45. The monoisotopic (exact) mass is 249 g/mol. The first-order chi connectivity index (χ1) is 7.91. The van der Waals surface area contributed by atoms with Crippen molar-refractivity contribution in [3.63, 3.8) is 0 Å². The van der Waals surface area contributed by atoms with E-state index in [1.54, 1.807) is 0 Å². The lowest BCUT2D eigenvalue weighted by Gasteiger charge is -2.34. The molecule has 2 nitrogen and oxygen atoms in total. The van der Waals surface area contributed by atoms with Crippen molar-refractivity contribution in [1.82, 2.24) is 4.98 Å². The molecule has 0 aliphatic heterocycles. The van der Waals surface area contributed by atoms with Crippen molar-refractivity contribution in [2.24, 2.45) is 0 Å². The summed E-state index contributed by atoms with van der Waals surface area (Å²) in [6, 6.07) is 1.26. The van der Waals surface area contributed by atoms with Gasteiger partial charge >= 0.3 is 6.18 Å². The summed E-state index contributed by atoms with van der Waals surface area (Å²) in [5.74, 6) is -0.0699. The van der Waals surface area contributed by atoms with Crippen LogP contribution in [0, 0.1) is 0 Å². The fraction of sp³-hybridized carbons (Fsp3) is 0.545. The number of hydrogen-bond acceptors (Lipinski definition) is 2. The molecule has 0 aromatic carbocycles. The van der Waals surface area contributed by atoms with Crippen molar-refractivity contribution >= 4 is 0 Å². The van der Waals surface area contributed by atoms with Crippen LogP contribution in [0.15, 0.2) is 18.5 Å². The maximum absolute atomic E-state index is 14.1. The SMILES string of the molecule is FC(F)(F)COc1ccncc1C1(F)CCC1. The third-order valence-electron chi connectivity index (χ3n) is 2.80. The van der Waals surface area contributed by atoms with Gasteiger partial charge in [-0.25, -0.2) is 4.39 Å². The highest BCUT2D eigenvalue weighted by atomic mass is 19.4. The molecule has 6 heteroatoms. The number of nitrogens with zero attached hydrogens (tertiary/aromatic N) is 1. The molecule has 1 aliphatic rings. The van der Waals surface area contributed by atoms with E-state index in [0.29, 0.717) is 12.8 Å². The Morgan fingerprint density at radius 2 is 2.06 bits per heavy atom. The standard InChI is InChI=1S/C11H11F4NO/c12-10(3-1-4-10)8-6-16-5-2-9(8)17-7-11(13,14)15/h2,5-6H,1,3-4,7H2. The van der Waals surface area contributed by atoms with E-state index in [9.17, 15) is 17.6 Å². The first kappa shape index (κ1) is 12.1. The van der Waals surface area contributed by atoms with Crippen molar-refractivity contribution in [3.8, 4) is 5.75 Å². The molecule has 0 radical (unpaired) electrons. The molecule has 0 saturated heterocycles. The molecule has 1 fully saturated rings. The van der Waals surface area contributed by atoms with Gasteiger partial charge < -0.3 is 4.74 Å². The Hall–Kier alpha value is -1.33. The normalized spacial score (nSPS) is 18.6. The Bertz CT molecular complexity index is 401. The Morgan fingerprint density at radius 3 is 2.59 bits per heavy atom. The summed E-state index contributed by atoms with van der Waals surface area (Å²) in [7, 11) is 0. The minimum absolute atomic E-state index is 0.0699. The van der Waals surface area contributed by atoms with Crippen LogP contribution in [-0.2, 0) is 5.67 Å². The molecule has 1 aliphatic carbocycles. The average molecular weight is 249 g/mol. The minimum atomic E-state index is -4.43. The molecule has 1 aromatic rings. The second-order valence-corrected chi connectivity index (χ2v) is 4.09. The zero-order valence-electron chi connectivity index (χ0n) is 8.93. The van der Waals surface area contributed by atoms with E-state index in [1.165, 1.54) is 18.5 Å². The Labute approximate surface area is 95.6 Å². The maximum Gasteiger partial charge on any atom is 0.422 e. The summed E-state index contributed by atoms with van der Waals surface area (Å²) >= 11 is 0. The fourth-order valence-corrected chi connectivity index (χ4v) is 1.76. The van der Waals surface area contributed by atoms with Crippen LogP contribution in [0.25, 0.3) is 0 Å². The van der Waals surface area contributed by atoms with E-state index in [1.807, 2.05) is 0 Å². The second-order valence-electron chi connectivity index (χ2n) is 4.09. The van der Waals surface area contributed by atoms with E-state index in [2.05, 4.69) is 9.72 Å². The molecule has 94 valence electrons. The van der Waals surface area contributed by atoms with Crippen molar-refractivity contribution in [2.75, 3.05) is 6.61 Å². The Balaban J connectivity index is 2.16. The van der Waals surface area contributed by atoms with Crippen LogP contribution < -0.4 is 4.74 Å². The highest BCUT2D eigenvalue weighted by molar-refractivity contribution is 5.36. The smallest absolute Gasteiger partial charge is 0.422 e. The van der Waals surface area contributed by atoms with Gasteiger partial charge in [0.25, 0.3) is 0 Å². The number of ether oxygens (including phenoxy) is 1. The molecule has 0 spiro atoms. The van der Waals surface area contributed by atoms with Gasteiger partial charge in [-0.05, 0) is 25.3 Å². The molecule has 0 amide bonds. The molecule has 0 unspecified atom stereocenters. The van der Waals surface area contributed by atoms with Crippen LogP contribution >= 0.6 is 0 Å². The predicted octanol–water partition coefficient (Wildman–Crippen LogP) is 3.37. The third kappa shape index (κ3) is 2.68. The van der Waals surface area contributed by atoms with Gasteiger partial charge in [0.2, 0.25) is 0 Å². The highest BCUT2D eigenvalue weighted by Crippen LogP contribution is 2.47. The van der Waals surface area contributed by atoms with Gasteiger partial charge in [-0.3, -0.25) is 4.98 Å². The minimum Gasteiger partial charge on any atom is -0.484 e. The zero-order valence-corrected chi connectivity index (χ0v) is 8.93. The molecule has 2 rings (SSSR count). The zero-order chi connectivity index (χ0) is 12.5. The van der Waals surface area contributed by atoms with Gasteiger partial charge in [-0.1, -0.05) is 0 Å². The summed E-state index contributed by atoms with van der Waals surface area (Å²) in [6.45, 7) is -1.42. The molecule has 1 saturated carbocycles. The largest absolute Gasteiger partial charge is 0.484 e. The summed E-state index contributed by atoms with van der Waals surface area (Å²) in [5, 5.41) is 0. The van der Waals surface area contributed by atoms with Gasteiger partial charge in [0.1, 0.15) is 11.4 Å². The molecule has 17 heavy (non-hydrogen) atoms. The predicted molar refractivity (Wildman–Crippen MR) is 52.4 cm³/mol. The van der Waals surface area contributed by atoms with Gasteiger partial charge in [-0.15, -0.1) is 0 Å². The second kappa shape index (κ2) is 4.16. The van der Waals surface area contributed by atoms with Gasteiger partial charge in [0.05, 0.1) is 0 Å². The average Bonchev–Trinajstić information content (AvgIpc) is 2.22. The first-order valence-electron chi connectivity index (χ1n) is 5.24. The maximum atomic E-state index is 14.1. The quantitative estimate of drug-likeness (QED) is 0.766. The van der Waals surface area contributed by atoms with Crippen molar-refractivity contribution in [3.05, 3.63) is 24.0 Å². The molecule has 0 bridgehead atoms. The Kier molecular flexibility index (Phi) is 2.97. The van der Waals surface area contributed by atoms with Crippen molar-refractivity contribution < 1.29 is 22.3 Å². The number of rotatable bonds is 3. The van der Waals surface area contributed by atoms with Gasteiger partial charge in [0, 0.05) is 18.0 Å². The summed E-state index contributed by atoms with van der Waals surface area (Å²) < 4.78 is 54.8. The van der Waals surface area contributed by atoms with E-state index in [0.717, 1.165) is 6.42 Å². The van der Waals surface area contributed by atoms with Gasteiger partial charge in [-0.2, -0.15) is 13.2 Å². The van der Waals surface area contributed by atoms with Crippen LogP contribution in [0.3, 0.4) is 0 Å². The number of alkyl halides is 4. The lowest BCUT2D eigenvalue weighted by Crippen LogP contribution is -2.30. The molecular formula is C11H11F4NO. The van der Waals surface area contributed by atoms with Crippen molar-refractivity contribution in [1.29, 1.82) is 0 Å². The highest BCUT2D eigenvalue weighted by Gasteiger charge is 2.41. The molecule has 1 heterocycles. The van der Waals surface area contributed by atoms with Gasteiger partial charge in [0.15, 0.2) is 6.61 Å². The molecular weight excluding hydrogens is 238 g/mol. The number of halogens is 4. The van der Waals surface area contributed by atoms with Crippen molar-refractivity contribution in [2.45, 2.75) is 31.1 Å². The molecule has 0 atom stereocenters. The van der Waals surface area contributed by atoms with Crippen LogP contribution in [0.4, 0.5) is 17.6 Å². The number of pyridine rings is 1. The summed E-state index contributed by atoms with van der Waals surface area (Å²) in [4.78, 5) is 3.74. The lowest BCUT2D eigenvalue weighted by atomic mass is 9.77. The van der Waals surface area contributed by atoms with Crippen LogP contribution in [0.2, 0.25) is 0 Å². The van der Waals surface area contributed by atoms with Crippen LogP contribution in [0.5, 0.6) is 5.75 Å². The topological polar surface area (TPSA) is 22.1 Å². The lowest BCUT2D eigenvalue weighted by molar-refractivity contribution is -0.154. The van der Waals surface area contributed by atoms with E-state index in [4.69, 9.17) is 0 Å². The van der Waals surface area contributed by atoms with Crippen LogP contribution in [0.1, 0.15) is 24.8 Å². The first-order valence-corrected chi connectivity index (χ1v) is 5.24. The van der Waals surface area contributed by atoms with E-state index >= 15 is 0 Å². The molecule has 0 N–H and O–H groups in total.